The Labute approximate surface area is 148 Å². The minimum Gasteiger partial charge on any atom is -0.0885 e. The number of hydrogen-bond donors (Lipinski definition) is 0. The van der Waals surface area contributed by atoms with Crippen molar-refractivity contribution in [2.24, 2.45) is 0 Å². The van der Waals surface area contributed by atoms with Crippen LogP contribution in [0.4, 0.5) is 0 Å². The Bertz CT molecular complexity index is 216. The molecule has 0 aromatic rings. The second-order valence-electron chi connectivity index (χ2n) is 7.35. The molecule has 0 spiro atoms. The van der Waals surface area contributed by atoms with Crippen LogP contribution in [0.2, 0.25) is 0 Å². The van der Waals surface area contributed by atoms with Crippen molar-refractivity contribution in [1.82, 2.24) is 0 Å². The van der Waals surface area contributed by atoms with Gasteiger partial charge in [-0.25, -0.2) is 0 Å². The van der Waals surface area contributed by atoms with E-state index in [1.165, 1.54) is 122 Å². The van der Waals surface area contributed by atoms with Crippen LogP contribution in [0.15, 0.2) is 12.2 Å². The summed E-state index contributed by atoms with van der Waals surface area (Å²) >= 11 is 0. The Kier molecular flexibility index (Phi) is 21.5. The molecule has 0 bridgehead atoms. The van der Waals surface area contributed by atoms with Gasteiger partial charge in [0.05, 0.1) is 0 Å². The van der Waals surface area contributed by atoms with Crippen LogP contribution in [-0.2, 0) is 0 Å². The molecule has 0 radical (unpaired) electrons. The largest absolute Gasteiger partial charge is 0.0885 e. The average molecular weight is 323 g/mol. The first-order valence-corrected chi connectivity index (χ1v) is 11.1. The highest BCUT2D eigenvalue weighted by Crippen LogP contribution is 2.13. The molecular weight excluding hydrogens is 276 g/mol. The highest BCUT2D eigenvalue weighted by Gasteiger charge is 1.93. The van der Waals surface area contributed by atoms with Crippen LogP contribution in [0.25, 0.3) is 0 Å². The van der Waals surface area contributed by atoms with Crippen molar-refractivity contribution in [3.05, 3.63) is 12.2 Å². The monoisotopic (exact) mass is 322 g/mol. The second kappa shape index (κ2) is 21.7. The van der Waals surface area contributed by atoms with Crippen LogP contribution < -0.4 is 0 Å². The van der Waals surface area contributed by atoms with Gasteiger partial charge in [-0.1, -0.05) is 122 Å². The van der Waals surface area contributed by atoms with Gasteiger partial charge >= 0.3 is 0 Å². The van der Waals surface area contributed by atoms with Gasteiger partial charge in [0.2, 0.25) is 0 Å². The van der Waals surface area contributed by atoms with Crippen LogP contribution in [0, 0.1) is 0 Å². The van der Waals surface area contributed by atoms with Gasteiger partial charge in [-0.3, -0.25) is 0 Å². The zero-order valence-electron chi connectivity index (χ0n) is 16.6. The Morgan fingerprint density at radius 2 is 0.609 bits per heavy atom. The standard InChI is InChI=1S/C23H46/c1-3-5-7-9-11-13-15-17-19-21-23-22-20-18-16-14-12-10-8-6-4-2/h13,15H,3-12,14,16-23H2,1-2H3/b15-13+. The maximum absolute atomic E-state index is 2.42. The Morgan fingerprint density at radius 3 is 0.957 bits per heavy atom. The number of rotatable bonds is 19. The fourth-order valence-electron chi connectivity index (χ4n) is 3.20. The van der Waals surface area contributed by atoms with E-state index in [0.29, 0.717) is 0 Å². The minimum absolute atomic E-state index is 1.30. The lowest BCUT2D eigenvalue weighted by Gasteiger charge is -2.02. The lowest BCUT2D eigenvalue weighted by Crippen LogP contribution is -1.82. The van der Waals surface area contributed by atoms with Crippen molar-refractivity contribution in [2.45, 2.75) is 136 Å². The topological polar surface area (TPSA) is 0 Å². The first kappa shape index (κ1) is 22.7. The molecule has 0 aliphatic rings. The Hall–Kier alpha value is -0.260. The normalized spacial score (nSPS) is 11.6. The molecule has 0 aromatic heterocycles. The molecule has 0 rings (SSSR count). The third kappa shape index (κ3) is 21.7. The van der Waals surface area contributed by atoms with Gasteiger partial charge in [0.15, 0.2) is 0 Å². The molecule has 0 saturated carbocycles. The summed E-state index contributed by atoms with van der Waals surface area (Å²) in [5, 5.41) is 0. The summed E-state index contributed by atoms with van der Waals surface area (Å²) in [4.78, 5) is 0. The predicted molar refractivity (Wildman–Crippen MR) is 108 cm³/mol. The van der Waals surface area contributed by atoms with Gasteiger partial charge in [-0.05, 0) is 25.7 Å². The van der Waals surface area contributed by atoms with E-state index in [1.807, 2.05) is 0 Å². The summed E-state index contributed by atoms with van der Waals surface area (Å²) in [5.74, 6) is 0. The summed E-state index contributed by atoms with van der Waals surface area (Å²) in [5.41, 5.74) is 0. The van der Waals surface area contributed by atoms with E-state index in [0.717, 1.165) is 0 Å². The highest BCUT2D eigenvalue weighted by molar-refractivity contribution is 4.81. The van der Waals surface area contributed by atoms with Gasteiger partial charge in [-0.15, -0.1) is 0 Å². The van der Waals surface area contributed by atoms with E-state index in [9.17, 15) is 0 Å². The zero-order chi connectivity index (χ0) is 16.8. The quantitative estimate of drug-likeness (QED) is 0.164. The fraction of sp³-hybridized carbons (Fsp3) is 0.913. The van der Waals surface area contributed by atoms with Crippen LogP contribution in [0.5, 0.6) is 0 Å². The molecule has 0 aliphatic heterocycles. The molecule has 0 unspecified atom stereocenters. The second-order valence-corrected chi connectivity index (χ2v) is 7.35. The molecule has 0 heterocycles. The Morgan fingerprint density at radius 1 is 0.348 bits per heavy atom. The maximum Gasteiger partial charge on any atom is -0.0351 e. The molecule has 0 saturated heterocycles. The lowest BCUT2D eigenvalue weighted by molar-refractivity contribution is 0.540. The fourth-order valence-corrected chi connectivity index (χ4v) is 3.20. The van der Waals surface area contributed by atoms with E-state index < -0.39 is 0 Å². The van der Waals surface area contributed by atoms with E-state index in [2.05, 4.69) is 26.0 Å². The molecule has 138 valence electrons. The SMILES string of the molecule is CCCCCC/C=C/CCCCCCCCCCCCCCC. The Balaban J connectivity index is 3.01. The van der Waals surface area contributed by atoms with Gasteiger partial charge in [0.1, 0.15) is 0 Å². The molecule has 23 heavy (non-hydrogen) atoms. The molecule has 0 amide bonds. The van der Waals surface area contributed by atoms with E-state index in [1.54, 1.807) is 0 Å². The summed E-state index contributed by atoms with van der Waals surface area (Å²) in [6, 6.07) is 0. The molecule has 0 nitrogen and oxygen atoms in total. The maximum atomic E-state index is 2.42. The van der Waals surface area contributed by atoms with E-state index in [4.69, 9.17) is 0 Å². The predicted octanol–water partition coefficient (Wildman–Crippen LogP) is 8.99. The number of hydrogen-bond acceptors (Lipinski definition) is 0. The first-order valence-electron chi connectivity index (χ1n) is 11.1. The van der Waals surface area contributed by atoms with Crippen molar-refractivity contribution in [2.75, 3.05) is 0 Å². The molecule has 0 heteroatoms. The van der Waals surface area contributed by atoms with E-state index >= 15 is 0 Å². The van der Waals surface area contributed by atoms with Crippen molar-refractivity contribution < 1.29 is 0 Å². The van der Waals surface area contributed by atoms with Crippen LogP contribution in [0.3, 0.4) is 0 Å². The average Bonchev–Trinajstić information content (AvgIpc) is 2.57. The van der Waals surface area contributed by atoms with Crippen molar-refractivity contribution in [3.63, 3.8) is 0 Å². The summed E-state index contributed by atoms with van der Waals surface area (Å²) < 4.78 is 0. The van der Waals surface area contributed by atoms with Gasteiger partial charge in [0.25, 0.3) is 0 Å². The molecule has 0 aromatic carbocycles. The van der Waals surface area contributed by atoms with Gasteiger partial charge in [-0.2, -0.15) is 0 Å². The molecular formula is C23H46. The smallest absolute Gasteiger partial charge is 0.0351 e. The third-order valence-electron chi connectivity index (χ3n) is 4.87. The molecule has 0 atom stereocenters. The lowest BCUT2D eigenvalue weighted by atomic mass is 10.0. The highest BCUT2D eigenvalue weighted by atomic mass is 14.0. The number of allylic oxidation sites excluding steroid dienone is 2. The van der Waals surface area contributed by atoms with Crippen LogP contribution in [-0.4, -0.2) is 0 Å². The summed E-state index contributed by atoms with van der Waals surface area (Å²) in [7, 11) is 0. The zero-order valence-corrected chi connectivity index (χ0v) is 16.6. The molecule has 0 fully saturated rings. The number of unbranched alkanes of at least 4 members (excludes halogenated alkanes) is 17. The summed E-state index contributed by atoms with van der Waals surface area (Å²) in [6.45, 7) is 4.58. The third-order valence-corrected chi connectivity index (χ3v) is 4.87. The van der Waals surface area contributed by atoms with Crippen LogP contribution in [0.1, 0.15) is 136 Å². The van der Waals surface area contributed by atoms with Gasteiger partial charge in [0, 0.05) is 0 Å². The van der Waals surface area contributed by atoms with Crippen molar-refractivity contribution >= 4 is 0 Å². The molecule has 0 aliphatic carbocycles. The minimum atomic E-state index is 1.30. The van der Waals surface area contributed by atoms with Gasteiger partial charge < -0.3 is 0 Å². The van der Waals surface area contributed by atoms with Crippen molar-refractivity contribution in [3.8, 4) is 0 Å². The van der Waals surface area contributed by atoms with Crippen molar-refractivity contribution in [1.29, 1.82) is 0 Å². The molecule has 0 N–H and O–H groups in total. The first-order chi connectivity index (χ1) is 11.4. The van der Waals surface area contributed by atoms with E-state index in [-0.39, 0.29) is 0 Å². The summed E-state index contributed by atoms with van der Waals surface area (Å²) in [6.07, 6.45) is 31.9. The van der Waals surface area contributed by atoms with Crippen LogP contribution >= 0.6 is 0 Å².